The maximum Gasteiger partial charge on any atom is 0.161 e. The molecule has 0 heterocycles. The zero-order chi connectivity index (χ0) is 12.5. The second kappa shape index (κ2) is 7.71. The fourth-order valence-corrected chi connectivity index (χ4v) is 1.59. The number of carbonyl (C=O) groups is 1. The van der Waals surface area contributed by atoms with Crippen LogP contribution in [0.25, 0.3) is 0 Å². The molecule has 0 atom stereocenters. The van der Waals surface area contributed by atoms with Gasteiger partial charge in [-0.3, -0.25) is 4.79 Å². The van der Waals surface area contributed by atoms with E-state index in [-0.39, 0.29) is 0 Å². The molecule has 0 bridgehead atoms. The highest BCUT2D eigenvalue weighted by Crippen LogP contribution is 2.27. The molecule has 0 aliphatic carbocycles. The average molecular weight is 236 g/mol. The normalized spacial score (nSPS) is 10.0. The van der Waals surface area contributed by atoms with Crippen LogP contribution in [0.4, 0.5) is 0 Å². The molecule has 0 aliphatic heterocycles. The van der Waals surface area contributed by atoms with Crippen molar-refractivity contribution in [1.82, 2.24) is 0 Å². The van der Waals surface area contributed by atoms with Crippen LogP contribution in [-0.4, -0.2) is 20.0 Å². The summed E-state index contributed by atoms with van der Waals surface area (Å²) in [5.41, 5.74) is 0.606. The van der Waals surface area contributed by atoms with E-state index in [1.54, 1.807) is 25.3 Å². The zero-order valence-electron chi connectivity index (χ0n) is 10.6. The summed E-state index contributed by atoms with van der Waals surface area (Å²) in [5.74, 6) is 1.32. The lowest BCUT2D eigenvalue weighted by Gasteiger charge is -2.10. The molecular formula is C14H20O3. The van der Waals surface area contributed by atoms with Crippen LogP contribution >= 0.6 is 0 Å². The lowest BCUT2D eigenvalue weighted by Crippen LogP contribution is -2.00. The van der Waals surface area contributed by atoms with Crippen LogP contribution < -0.4 is 9.47 Å². The van der Waals surface area contributed by atoms with E-state index in [4.69, 9.17) is 9.47 Å². The molecule has 0 amide bonds. The van der Waals surface area contributed by atoms with Crippen molar-refractivity contribution in [1.29, 1.82) is 0 Å². The third-order valence-electron chi connectivity index (χ3n) is 2.58. The molecule has 3 nitrogen and oxygen atoms in total. The highest BCUT2D eigenvalue weighted by molar-refractivity contribution is 5.76. The van der Waals surface area contributed by atoms with Crippen LogP contribution in [0, 0.1) is 0 Å². The van der Waals surface area contributed by atoms with E-state index in [1.807, 2.05) is 0 Å². The van der Waals surface area contributed by atoms with Crippen LogP contribution in [0.15, 0.2) is 18.2 Å². The van der Waals surface area contributed by atoms with Crippen molar-refractivity contribution in [3.63, 3.8) is 0 Å². The summed E-state index contributed by atoms with van der Waals surface area (Å²) < 4.78 is 10.8. The predicted molar refractivity (Wildman–Crippen MR) is 68.0 cm³/mol. The smallest absolute Gasteiger partial charge is 0.161 e. The number of ether oxygens (including phenoxy) is 2. The molecule has 17 heavy (non-hydrogen) atoms. The Morgan fingerprint density at radius 2 is 2.00 bits per heavy atom. The molecule has 3 heteroatoms. The molecule has 1 rings (SSSR count). The van der Waals surface area contributed by atoms with E-state index in [9.17, 15) is 4.79 Å². The van der Waals surface area contributed by atoms with Gasteiger partial charge < -0.3 is 9.47 Å². The van der Waals surface area contributed by atoms with Crippen LogP contribution in [0.1, 0.15) is 43.0 Å². The van der Waals surface area contributed by atoms with Gasteiger partial charge in [0, 0.05) is 5.56 Å². The van der Waals surface area contributed by atoms with Crippen molar-refractivity contribution >= 4 is 6.29 Å². The van der Waals surface area contributed by atoms with Gasteiger partial charge in [-0.05, 0) is 24.6 Å². The Hall–Kier alpha value is -1.51. The van der Waals surface area contributed by atoms with Crippen molar-refractivity contribution in [2.24, 2.45) is 0 Å². The lowest BCUT2D eigenvalue weighted by molar-refractivity contribution is 0.112. The van der Waals surface area contributed by atoms with Crippen molar-refractivity contribution in [2.45, 2.75) is 32.6 Å². The first kappa shape index (κ1) is 13.6. The van der Waals surface area contributed by atoms with Gasteiger partial charge in [0.1, 0.15) is 6.29 Å². The first-order valence-electron chi connectivity index (χ1n) is 6.07. The topological polar surface area (TPSA) is 35.5 Å². The molecule has 0 N–H and O–H groups in total. The second-order valence-electron chi connectivity index (χ2n) is 3.94. The summed E-state index contributed by atoms with van der Waals surface area (Å²) in [7, 11) is 1.60. The van der Waals surface area contributed by atoms with Gasteiger partial charge in [0.25, 0.3) is 0 Å². The Morgan fingerprint density at radius 1 is 1.18 bits per heavy atom. The van der Waals surface area contributed by atoms with Crippen LogP contribution in [0.5, 0.6) is 11.5 Å². The number of benzene rings is 1. The van der Waals surface area contributed by atoms with Gasteiger partial charge in [0.05, 0.1) is 13.7 Å². The fourth-order valence-electron chi connectivity index (χ4n) is 1.59. The van der Waals surface area contributed by atoms with Gasteiger partial charge in [-0.15, -0.1) is 0 Å². The fraction of sp³-hybridized carbons (Fsp3) is 0.500. The zero-order valence-corrected chi connectivity index (χ0v) is 10.6. The van der Waals surface area contributed by atoms with Crippen molar-refractivity contribution in [3.8, 4) is 11.5 Å². The minimum atomic E-state index is 0.606. The van der Waals surface area contributed by atoms with E-state index in [0.717, 1.165) is 12.7 Å². The quantitative estimate of drug-likeness (QED) is 0.512. The molecule has 0 radical (unpaired) electrons. The van der Waals surface area contributed by atoms with Gasteiger partial charge >= 0.3 is 0 Å². The molecule has 0 unspecified atom stereocenters. The Labute approximate surface area is 103 Å². The lowest BCUT2D eigenvalue weighted by atomic mass is 10.2. The van der Waals surface area contributed by atoms with Gasteiger partial charge in [0.15, 0.2) is 11.5 Å². The summed E-state index contributed by atoms with van der Waals surface area (Å²) in [6, 6.07) is 5.19. The molecule has 0 saturated carbocycles. The number of rotatable bonds is 8. The summed E-state index contributed by atoms with van der Waals surface area (Å²) in [6.07, 6.45) is 5.46. The molecule has 1 aromatic carbocycles. The maximum atomic E-state index is 10.7. The number of aldehydes is 1. The minimum absolute atomic E-state index is 0.606. The number of hydrogen-bond acceptors (Lipinski definition) is 3. The Bertz CT molecular complexity index is 347. The van der Waals surface area contributed by atoms with Crippen LogP contribution in [0.3, 0.4) is 0 Å². The third-order valence-corrected chi connectivity index (χ3v) is 2.58. The average Bonchev–Trinajstić information content (AvgIpc) is 2.38. The van der Waals surface area contributed by atoms with Gasteiger partial charge in [-0.1, -0.05) is 26.2 Å². The third kappa shape index (κ3) is 4.47. The van der Waals surface area contributed by atoms with Crippen molar-refractivity contribution in [2.75, 3.05) is 13.7 Å². The summed E-state index contributed by atoms with van der Waals surface area (Å²) in [4.78, 5) is 10.7. The standard InChI is InChI=1S/C14H20O3/c1-3-4-5-6-9-17-14-10-12(11-15)7-8-13(14)16-2/h7-8,10-11H,3-6,9H2,1-2H3. The molecule has 0 aromatic heterocycles. The Kier molecular flexibility index (Phi) is 6.15. The first-order valence-corrected chi connectivity index (χ1v) is 6.07. The Morgan fingerprint density at radius 3 is 2.65 bits per heavy atom. The minimum Gasteiger partial charge on any atom is -0.493 e. The van der Waals surface area contributed by atoms with Crippen LogP contribution in [0.2, 0.25) is 0 Å². The van der Waals surface area contributed by atoms with E-state index in [0.29, 0.717) is 23.7 Å². The number of hydrogen-bond donors (Lipinski definition) is 0. The highest BCUT2D eigenvalue weighted by Gasteiger charge is 2.05. The summed E-state index contributed by atoms with van der Waals surface area (Å²) in [6.45, 7) is 2.84. The molecule has 0 saturated heterocycles. The summed E-state index contributed by atoms with van der Waals surface area (Å²) in [5, 5.41) is 0. The van der Waals surface area contributed by atoms with E-state index in [2.05, 4.69) is 6.92 Å². The van der Waals surface area contributed by atoms with Crippen molar-refractivity contribution in [3.05, 3.63) is 23.8 Å². The molecule has 0 fully saturated rings. The largest absolute Gasteiger partial charge is 0.493 e. The highest BCUT2D eigenvalue weighted by atomic mass is 16.5. The number of unbranched alkanes of at least 4 members (excludes halogenated alkanes) is 3. The van der Waals surface area contributed by atoms with Gasteiger partial charge in [-0.2, -0.15) is 0 Å². The monoisotopic (exact) mass is 236 g/mol. The Balaban J connectivity index is 2.52. The van der Waals surface area contributed by atoms with E-state index >= 15 is 0 Å². The van der Waals surface area contributed by atoms with Gasteiger partial charge in [-0.25, -0.2) is 0 Å². The van der Waals surface area contributed by atoms with Crippen LogP contribution in [-0.2, 0) is 0 Å². The van der Waals surface area contributed by atoms with Crippen molar-refractivity contribution < 1.29 is 14.3 Å². The molecule has 0 spiro atoms. The van der Waals surface area contributed by atoms with Gasteiger partial charge in [0.2, 0.25) is 0 Å². The molecule has 0 aliphatic rings. The predicted octanol–water partition coefficient (Wildman–Crippen LogP) is 3.47. The molecule has 1 aromatic rings. The number of carbonyl (C=O) groups excluding carboxylic acids is 1. The number of methoxy groups -OCH3 is 1. The maximum absolute atomic E-state index is 10.7. The summed E-state index contributed by atoms with van der Waals surface area (Å²) >= 11 is 0. The van der Waals surface area contributed by atoms with E-state index in [1.165, 1.54) is 19.3 Å². The molecule has 94 valence electrons. The SMILES string of the molecule is CCCCCCOc1cc(C=O)ccc1OC. The molecular weight excluding hydrogens is 216 g/mol. The van der Waals surface area contributed by atoms with E-state index < -0.39 is 0 Å². The first-order chi connectivity index (χ1) is 8.31. The second-order valence-corrected chi connectivity index (χ2v) is 3.94.